The lowest BCUT2D eigenvalue weighted by molar-refractivity contribution is 1.84. The summed E-state index contributed by atoms with van der Waals surface area (Å²) in [5, 5.41) is 8.43. The maximum absolute atomic E-state index is 2.13. The molecule has 0 radical (unpaired) electrons. The molecule has 0 aliphatic carbocycles. The molecule has 0 saturated heterocycles. The Bertz CT molecular complexity index is 425. The van der Waals surface area contributed by atoms with Crippen LogP contribution in [0.4, 0.5) is 0 Å². The van der Waals surface area contributed by atoms with Gasteiger partial charge in [-0.05, 0) is 44.8 Å². The van der Waals surface area contributed by atoms with Gasteiger partial charge in [0.15, 0.2) is 0 Å². The third-order valence-corrected chi connectivity index (χ3v) is 3.40. The fraction of sp³-hybridized carbons (Fsp3) is 0. The minimum atomic E-state index is 1.26. The van der Waals surface area contributed by atoms with Gasteiger partial charge in [-0.3, -0.25) is 0 Å². The first-order valence-electron chi connectivity index (χ1n) is 5.01. The summed E-state index contributed by atoms with van der Waals surface area (Å²) in [5.74, 6) is 0. The van der Waals surface area contributed by atoms with Crippen LogP contribution in [0.5, 0.6) is 0 Å². The molecular weight excluding hydrogens is 232 g/mol. The molecule has 0 aliphatic heterocycles. The molecule has 0 aromatic carbocycles. The lowest BCUT2D eigenvalue weighted by Crippen LogP contribution is -1.58. The van der Waals surface area contributed by atoms with E-state index in [-0.39, 0.29) is 0 Å². The van der Waals surface area contributed by atoms with Gasteiger partial charge >= 0.3 is 0 Å². The van der Waals surface area contributed by atoms with E-state index in [1.807, 2.05) is 12.2 Å². The molecule has 2 aromatic heterocycles. The van der Waals surface area contributed by atoms with Crippen LogP contribution >= 0.6 is 22.7 Å². The van der Waals surface area contributed by atoms with Crippen molar-refractivity contribution in [3.05, 3.63) is 69.1 Å². The smallest absolute Gasteiger partial charge is 0.00208 e. The van der Waals surface area contributed by atoms with Crippen LogP contribution in [0.25, 0.3) is 12.2 Å². The van der Waals surface area contributed by atoms with Crippen molar-refractivity contribution in [1.82, 2.24) is 0 Å². The van der Waals surface area contributed by atoms with Crippen LogP contribution in [-0.4, -0.2) is 0 Å². The monoisotopic (exact) mass is 244 g/mol. The highest BCUT2D eigenvalue weighted by Gasteiger charge is 1.82. The van der Waals surface area contributed by atoms with Crippen LogP contribution in [0.3, 0.4) is 0 Å². The summed E-state index contributed by atoms with van der Waals surface area (Å²) >= 11 is 3.44. The lowest BCUT2D eigenvalue weighted by Gasteiger charge is -1.80. The highest BCUT2D eigenvalue weighted by Crippen LogP contribution is 2.08. The van der Waals surface area contributed by atoms with Gasteiger partial charge in [-0.1, -0.05) is 36.5 Å². The normalized spacial score (nSPS) is 12.2. The molecule has 0 unspecified atom stereocenters. The van der Waals surface area contributed by atoms with E-state index in [0.29, 0.717) is 0 Å². The zero-order chi connectivity index (χ0) is 11.1. The van der Waals surface area contributed by atoms with Crippen molar-refractivity contribution in [3.63, 3.8) is 0 Å². The van der Waals surface area contributed by atoms with E-state index in [9.17, 15) is 0 Å². The molecule has 80 valence electrons. The van der Waals surface area contributed by atoms with Crippen molar-refractivity contribution in [1.29, 1.82) is 0 Å². The molecule has 2 heteroatoms. The molecule has 2 aromatic rings. The largest absolute Gasteiger partial charge is 0.152 e. The number of hydrogen-bond donors (Lipinski definition) is 0. The van der Waals surface area contributed by atoms with Gasteiger partial charge in [0.1, 0.15) is 0 Å². The summed E-state index contributed by atoms with van der Waals surface area (Å²) < 4.78 is 0. The first-order valence-corrected chi connectivity index (χ1v) is 6.89. The van der Waals surface area contributed by atoms with Crippen molar-refractivity contribution in [2.75, 3.05) is 0 Å². The minimum absolute atomic E-state index is 1.26. The highest BCUT2D eigenvalue weighted by molar-refractivity contribution is 7.08. The quantitative estimate of drug-likeness (QED) is 0.657. The Kier molecular flexibility index (Phi) is 4.35. The Morgan fingerprint density at radius 3 is 1.56 bits per heavy atom. The molecule has 0 bridgehead atoms. The first-order chi connectivity index (χ1) is 7.95. The lowest BCUT2D eigenvalue weighted by atomic mass is 10.3. The number of thiophene rings is 2. The van der Waals surface area contributed by atoms with Gasteiger partial charge in [0, 0.05) is 0 Å². The molecule has 0 saturated carbocycles. The second kappa shape index (κ2) is 6.26. The molecule has 0 aliphatic rings. The van der Waals surface area contributed by atoms with E-state index in [1.165, 1.54) is 11.1 Å². The third-order valence-electron chi connectivity index (χ3n) is 2.00. The van der Waals surface area contributed by atoms with E-state index in [2.05, 4.69) is 58.0 Å². The van der Waals surface area contributed by atoms with E-state index >= 15 is 0 Å². The molecular formula is C14H12S2. The van der Waals surface area contributed by atoms with Crippen LogP contribution in [0.15, 0.2) is 58.0 Å². The average Bonchev–Trinajstić information content (AvgIpc) is 2.96. The summed E-state index contributed by atoms with van der Waals surface area (Å²) in [6.45, 7) is 0. The average molecular weight is 244 g/mol. The van der Waals surface area contributed by atoms with E-state index in [4.69, 9.17) is 0 Å². The van der Waals surface area contributed by atoms with Gasteiger partial charge in [-0.2, -0.15) is 22.7 Å². The topological polar surface area (TPSA) is 0 Å². The highest BCUT2D eigenvalue weighted by atomic mass is 32.1. The molecule has 2 rings (SSSR count). The predicted molar refractivity (Wildman–Crippen MR) is 75.8 cm³/mol. The second-order valence-electron chi connectivity index (χ2n) is 3.22. The predicted octanol–water partition coefficient (Wildman–Crippen LogP) is 5.09. The summed E-state index contributed by atoms with van der Waals surface area (Å²) in [5.41, 5.74) is 2.52. The van der Waals surface area contributed by atoms with Gasteiger partial charge in [0.25, 0.3) is 0 Å². The summed E-state index contributed by atoms with van der Waals surface area (Å²) in [4.78, 5) is 0. The molecule has 0 nitrogen and oxygen atoms in total. The van der Waals surface area contributed by atoms with E-state index in [1.54, 1.807) is 22.7 Å². The number of hydrogen-bond acceptors (Lipinski definition) is 2. The fourth-order valence-corrected chi connectivity index (χ4v) is 2.46. The maximum atomic E-state index is 2.13. The molecule has 0 N–H and O–H groups in total. The Balaban J connectivity index is 1.82. The second-order valence-corrected chi connectivity index (χ2v) is 4.78. The number of allylic oxidation sites excluding steroid dienone is 4. The molecule has 16 heavy (non-hydrogen) atoms. The zero-order valence-electron chi connectivity index (χ0n) is 8.74. The maximum Gasteiger partial charge on any atom is -0.00208 e. The van der Waals surface area contributed by atoms with Gasteiger partial charge in [0.05, 0.1) is 0 Å². The van der Waals surface area contributed by atoms with Crippen LogP contribution in [0.2, 0.25) is 0 Å². The standard InChI is InChI=1S/C14H12S2/c1(3-5-13-7-9-15-11-13)2-4-6-14-8-10-16-12-14/h1-12H. The Labute approximate surface area is 104 Å². The van der Waals surface area contributed by atoms with Gasteiger partial charge in [-0.25, -0.2) is 0 Å². The fourth-order valence-electron chi connectivity index (χ4n) is 1.20. The molecule has 2 heterocycles. The van der Waals surface area contributed by atoms with Crippen LogP contribution in [0.1, 0.15) is 11.1 Å². The first kappa shape index (κ1) is 11.1. The summed E-state index contributed by atoms with van der Waals surface area (Å²) in [6.07, 6.45) is 12.4. The number of rotatable bonds is 4. The molecule has 0 spiro atoms. The molecule has 0 amide bonds. The van der Waals surface area contributed by atoms with Gasteiger partial charge in [0.2, 0.25) is 0 Å². The van der Waals surface area contributed by atoms with Gasteiger partial charge in [-0.15, -0.1) is 0 Å². The summed E-state index contributed by atoms with van der Waals surface area (Å²) in [6, 6.07) is 4.21. The van der Waals surface area contributed by atoms with E-state index < -0.39 is 0 Å². The zero-order valence-corrected chi connectivity index (χ0v) is 10.4. The molecule has 0 atom stereocenters. The van der Waals surface area contributed by atoms with Crippen molar-refractivity contribution >= 4 is 34.8 Å². The Hall–Kier alpha value is -1.38. The minimum Gasteiger partial charge on any atom is -0.152 e. The SMILES string of the molecule is C(=CC=Cc1ccsc1)C=Cc1ccsc1. The van der Waals surface area contributed by atoms with Gasteiger partial charge < -0.3 is 0 Å². The molecule has 0 fully saturated rings. The van der Waals surface area contributed by atoms with Crippen molar-refractivity contribution in [2.24, 2.45) is 0 Å². The van der Waals surface area contributed by atoms with Crippen molar-refractivity contribution < 1.29 is 0 Å². The Morgan fingerprint density at radius 2 is 1.19 bits per heavy atom. The third kappa shape index (κ3) is 3.65. The van der Waals surface area contributed by atoms with Crippen molar-refractivity contribution in [2.45, 2.75) is 0 Å². The van der Waals surface area contributed by atoms with Crippen LogP contribution < -0.4 is 0 Å². The Morgan fingerprint density at radius 1 is 0.688 bits per heavy atom. The van der Waals surface area contributed by atoms with Crippen LogP contribution in [0, 0.1) is 0 Å². The van der Waals surface area contributed by atoms with E-state index in [0.717, 1.165) is 0 Å². The summed E-state index contributed by atoms with van der Waals surface area (Å²) in [7, 11) is 0. The van der Waals surface area contributed by atoms with Crippen molar-refractivity contribution in [3.8, 4) is 0 Å². The van der Waals surface area contributed by atoms with Crippen LogP contribution in [-0.2, 0) is 0 Å².